The van der Waals surface area contributed by atoms with Crippen molar-refractivity contribution in [3.05, 3.63) is 46.2 Å². The average molecular weight is 352 g/mol. The minimum Gasteiger partial charge on any atom is -0.350 e. The quantitative estimate of drug-likeness (QED) is 0.752. The zero-order valence-electron chi connectivity index (χ0n) is 15.7. The van der Waals surface area contributed by atoms with Gasteiger partial charge in [-0.05, 0) is 63.6 Å². The highest BCUT2D eigenvalue weighted by Gasteiger charge is 2.34. The first-order valence-electron chi connectivity index (χ1n) is 9.17. The van der Waals surface area contributed by atoms with Crippen LogP contribution >= 0.6 is 0 Å². The summed E-state index contributed by atoms with van der Waals surface area (Å²) in [5.74, 6) is 1.15. The van der Waals surface area contributed by atoms with Crippen LogP contribution in [-0.4, -0.2) is 32.5 Å². The summed E-state index contributed by atoms with van der Waals surface area (Å²) in [6.45, 7) is 8.68. The Hall–Kier alpha value is -2.63. The molecule has 3 aromatic rings. The Morgan fingerprint density at radius 3 is 2.65 bits per heavy atom. The summed E-state index contributed by atoms with van der Waals surface area (Å²) >= 11 is 0. The maximum Gasteiger partial charge on any atom is 0.271 e. The molecule has 6 nitrogen and oxygen atoms in total. The molecule has 136 valence electrons. The van der Waals surface area contributed by atoms with E-state index < -0.39 is 0 Å². The number of hydrogen-bond donors (Lipinski definition) is 1. The number of piperidine rings is 1. The molecule has 1 aromatic carbocycles. The van der Waals surface area contributed by atoms with Gasteiger partial charge in [0.2, 0.25) is 5.89 Å². The average Bonchev–Trinajstić information content (AvgIpc) is 3.22. The van der Waals surface area contributed by atoms with Crippen LogP contribution in [0.5, 0.6) is 0 Å². The van der Waals surface area contributed by atoms with Gasteiger partial charge >= 0.3 is 0 Å². The summed E-state index contributed by atoms with van der Waals surface area (Å²) in [6.07, 6.45) is 2.90. The molecular weight excluding hydrogens is 328 g/mol. The lowest BCUT2D eigenvalue weighted by Gasteiger charge is -2.33. The number of amides is 1. The number of likely N-dealkylation sites (tertiary alicyclic amines) is 1. The molecule has 0 bridgehead atoms. The number of nitrogens with one attached hydrogen (secondary N) is 1. The van der Waals surface area contributed by atoms with E-state index in [1.54, 1.807) is 6.92 Å². The van der Waals surface area contributed by atoms with Crippen LogP contribution in [0, 0.1) is 27.7 Å². The fraction of sp³-hybridized carbons (Fsp3) is 0.450. The molecule has 0 spiro atoms. The number of carbonyl (C=O) groups is 1. The fourth-order valence-corrected chi connectivity index (χ4v) is 4.04. The van der Waals surface area contributed by atoms with Crippen LogP contribution in [0.2, 0.25) is 0 Å². The van der Waals surface area contributed by atoms with E-state index in [0.717, 1.165) is 41.3 Å². The maximum atomic E-state index is 13.4. The van der Waals surface area contributed by atoms with Gasteiger partial charge in [0.15, 0.2) is 5.82 Å². The second kappa shape index (κ2) is 6.27. The molecule has 1 fully saturated rings. The Morgan fingerprint density at radius 1 is 1.19 bits per heavy atom. The molecule has 0 saturated carbocycles. The van der Waals surface area contributed by atoms with Gasteiger partial charge in [0.25, 0.3) is 5.91 Å². The predicted octanol–water partition coefficient (Wildman–Crippen LogP) is 4.15. The standard InChI is InChI=1S/C20H24N4O2/c1-11-8-9-12(2)17-16(11)13(3)18(22-17)20(25)24-10-6-5-7-15(24)19-21-14(4)23-26-19/h8-9,15,22H,5-7,10H2,1-4H3/t15-/m1/s1. The minimum absolute atomic E-state index is 0.0121. The van der Waals surface area contributed by atoms with E-state index in [1.807, 2.05) is 11.8 Å². The lowest BCUT2D eigenvalue weighted by Crippen LogP contribution is -2.39. The van der Waals surface area contributed by atoms with Gasteiger partial charge in [-0.2, -0.15) is 4.98 Å². The van der Waals surface area contributed by atoms with E-state index in [0.29, 0.717) is 24.0 Å². The van der Waals surface area contributed by atoms with Gasteiger partial charge in [0.05, 0.1) is 0 Å². The number of carbonyl (C=O) groups excluding carboxylic acids is 1. The fourth-order valence-electron chi connectivity index (χ4n) is 4.04. The van der Waals surface area contributed by atoms with Crippen LogP contribution < -0.4 is 0 Å². The molecule has 1 saturated heterocycles. The molecule has 0 radical (unpaired) electrons. The molecule has 26 heavy (non-hydrogen) atoms. The molecule has 2 aromatic heterocycles. The number of aromatic amines is 1. The van der Waals surface area contributed by atoms with Crippen LogP contribution in [0.4, 0.5) is 0 Å². The number of hydrogen-bond acceptors (Lipinski definition) is 4. The Morgan fingerprint density at radius 2 is 1.96 bits per heavy atom. The summed E-state index contributed by atoms with van der Waals surface area (Å²) in [5, 5.41) is 5.05. The van der Waals surface area contributed by atoms with E-state index in [2.05, 4.69) is 41.1 Å². The number of benzene rings is 1. The molecule has 6 heteroatoms. The second-order valence-corrected chi connectivity index (χ2v) is 7.26. The van der Waals surface area contributed by atoms with Crippen molar-refractivity contribution < 1.29 is 9.32 Å². The van der Waals surface area contributed by atoms with Gasteiger partial charge in [-0.25, -0.2) is 0 Å². The highest BCUT2D eigenvalue weighted by molar-refractivity contribution is 6.02. The van der Waals surface area contributed by atoms with E-state index in [9.17, 15) is 4.79 Å². The number of rotatable bonds is 2. The zero-order valence-corrected chi connectivity index (χ0v) is 15.7. The third-order valence-electron chi connectivity index (χ3n) is 5.43. The second-order valence-electron chi connectivity index (χ2n) is 7.26. The molecule has 1 atom stereocenters. The molecule has 0 unspecified atom stereocenters. The molecule has 1 N–H and O–H groups in total. The number of nitrogens with zero attached hydrogens (tertiary/aromatic N) is 3. The van der Waals surface area contributed by atoms with E-state index in [-0.39, 0.29) is 11.9 Å². The van der Waals surface area contributed by atoms with Crippen molar-refractivity contribution in [3.63, 3.8) is 0 Å². The first kappa shape index (κ1) is 16.8. The van der Waals surface area contributed by atoms with Gasteiger partial charge in [-0.1, -0.05) is 17.3 Å². The predicted molar refractivity (Wildman–Crippen MR) is 99.2 cm³/mol. The van der Waals surface area contributed by atoms with Crippen LogP contribution in [0.15, 0.2) is 16.7 Å². The monoisotopic (exact) mass is 352 g/mol. The number of aromatic nitrogens is 3. The smallest absolute Gasteiger partial charge is 0.271 e. The van der Waals surface area contributed by atoms with E-state index in [4.69, 9.17) is 4.52 Å². The minimum atomic E-state index is -0.148. The van der Waals surface area contributed by atoms with Crippen molar-refractivity contribution in [2.45, 2.75) is 53.0 Å². The number of fused-ring (bicyclic) bond motifs is 1. The summed E-state index contributed by atoms with van der Waals surface area (Å²) in [5.41, 5.74) is 5.06. The topological polar surface area (TPSA) is 75.0 Å². The molecule has 4 rings (SSSR count). The zero-order chi connectivity index (χ0) is 18.4. The highest BCUT2D eigenvalue weighted by Crippen LogP contribution is 2.34. The van der Waals surface area contributed by atoms with Crippen LogP contribution in [-0.2, 0) is 0 Å². The molecule has 1 aliphatic heterocycles. The first-order chi connectivity index (χ1) is 12.5. The van der Waals surface area contributed by atoms with E-state index >= 15 is 0 Å². The Bertz CT molecular complexity index is 985. The van der Waals surface area contributed by atoms with Gasteiger partial charge in [-0.3, -0.25) is 4.79 Å². The van der Waals surface area contributed by atoms with Gasteiger partial charge in [0, 0.05) is 17.4 Å². The molecular formula is C20H24N4O2. The van der Waals surface area contributed by atoms with Crippen LogP contribution in [0.1, 0.15) is 64.2 Å². The van der Waals surface area contributed by atoms with Crippen molar-refractivity contribution in [2.24, 2.45) is 0 Å². The molecule has 1 amide bonds. The van der Waals surface area contributed by atoms with Crippen molar-refractivity contribution in [1.29, 1.82) is 0 Å². The highest BCUT2D eigenvalue weighted by atomic mass is 16.5. The largest absolute Gasteiger partial charge is 0.350 e. The SMILES string of the molecule is Cc1noc([C@H]2CCCCN2C(=O)c2[nH]c3c(C)ccc(C)c3c2C)n1. The number of H-pyrrole nitrogens is 1. The van der Waals surface area contributed by atoms with Crippen LogP contribution in [0.25, 0.3) is 10.9 Å². The van der Waals surface area contributed by atoms with Gasteiger partial charge < -0.3 is 14.4 Å². The molecule has 1 aliphatic rings. The summed E-state index contributed by atoms with van der Waals surface area (Å²) in [4.78, 5) is 23.1. The Labute approximate surface area is 152 Å². The normalized spacial score (nSPS) is 17.8. The summed E-state index contributed by atoms with van der Waals surface area (Å²) < 4.78 is 5.38. The van der Waals surface area contributed by atoms with Crippen molar-refractivity contribution >= 4 is 16.8 Å². The summed E-state index contributed by atoms with van der Waals surface area (Å²) in [7, 11) is 0. The third-order valence-corrected chi connectivity index (χ3v) is 5.43. The van der Waals surface area contributed by atoms with Crippen molar-refractivity contribution in [2.75, 3.05) is 6.54 Å². The maximum absolute atomic E-state index is 13.4. The van der Waals surface area contributed by atoms with Crippen LogP contribution in [0.3, 0.4) is 0 Å². The molecule has 0 aliphatic carbocycles. The first-order valence-corrected chi connectivity index (χ1v) is 9.17. The van der Waals surface area contributed by atoms with Crippen molar-refractivity contribution in [3.8, 4) is 0 Å². The van der Waals surface area contributed by atoms with Gasteiger partial charge in [0.1, 0.15) is 11.7 Å². The molecule has 3 heterocycles. The van der Waals surface area contributed by atoms with E-state index in [1.165, 1.54) is 5.56 Å². The Kier molecular flexibility index (Phi) is 4.05. The lowest BCUT2D eigenvalue weighted by atomic mass is 10.00. The van der Waals surface area contributed by atoms with Crippen molar-refractivity contribution in [1.82, 2.24) is 20.0 Å². The number of aryl methyl sites for hydroxylation is 4. The lowest BCUT2D eigenvalue weighted by molar-refractivity contribution is 0.0555. The third kappa shape index (κ3) is 2.60. The summed E-state index contributed by atoms with van der Waals surface area (Å²) in [6, 6.07) is 4.05. The Balaban J connectivity index is 1.76. The van der Waals surface area contributed by atoms with Gasteiger partial charge in [-0.15, -0.1) is 0 Å².